The molecule has 1 aromatic heterocycles. The fraction of sp³-hybridized carbons (Fsp3) is 0.409. The quantitative estimate of drug-likeness (QED) is 0.696. The Bertz CT molecular complexity index is 1020. The Hall–Kier alpha value is -3.11. The number of amides is 2. The van der Waals surface area contributed by atoms with Crippen molar-refractivity contribution in [2.24, 2.45) is 11.7 Å². The molecule has 1 aromatic carbocycles. The smallest absolute Gasteiger partial charge is 0.313 e. The number of ether oxygens (including phenoxy) is 2. The fourth-order valence-corrected chi connectivity index (χ4v) is 3.85. The lowest BCUT2D eigenvalue weighted by Gasteiger charge is -2.26. The number of pyridine rings is 1. The number of H-pyrrole nitrogens is 1. The Morgan fingerprint density at radius 3 is 2.59 bits per heavy atom. The number of carbonyl (C=O) groups is 2. The summed E-state index contributed by atoms with van der Waals surface area (Å²) < 4.78 is 39.9. The van der Waals surface area contributed by atoms with Gasteiger partial charge >= 0.3 is 5.91 Å². The van der Waals surface area contributed by atoms with E-state index in [1.54, 1.807) is 13.0 Å². The van der Waals surface area contributed by atoms with Crippen LogP contribution in [0.25, 0.3) is 0 Å². The molecule has 3 rings (SSSR count). The van der Waals surface area contributed by atoms with Crippen molar-refractivity contribution in [1.82, 2.24) is 0 Å². The Balaban J connectivity index is 0.00000363. The molecule has 2 aromatic rings. The van der Waals surface area contributed by atoms with Crippen LogP contribution >= 0.6 is 0 Å². The number of hydrogen-bond donors (Lipinski definition) is 2. The summed E-state index contributed by atoms with van der Waals surface area (Å²) in [7, 11) is 0. The van der Waals surface area contributed by atoms with E-state index in [-0.39, 0.29) is 29.4 Å². The standard InChI is InChI=1S/C22H25F2N3O4.H2O/c1-5-30-18-13(6-7-14(23)17(18)24)16-11(2)22(3,4)31-19(16)21(29)27-12-8-9-26-15(10-12)20(25)28;/h6-11,16,19H,5H2,1-4H3,(H2,25,28)(H,26,27,29);1H2/t11-,16-,19+;/m1./s1. The van der Waals surface area contributed by atoms with Crippen molar-refractivity contribution in [3.05, 3.63) is 53.4 Å². The molecule has 5 N–H and O–H groups in total. The van der Waals surface area contributed by atoms with Gasteiger partial charge in [0.15, 0.2) is 17.8 Å². The van der Waals surface area contributed by atoms with Gasteiger partial charge in [-0.25, -0.2) is 9.37 Å². The van der Waals surface area contributed by atoms with Crippen molar-refractivity contribution in [2.45, 2.75) is 45.3 Å². The minimum absolute atomic E-state index is 0. The number of nitrogens with one attached hydrogen (secondary N) is 2. The molecule has 2 heterocycles. The summed E-state index contributed by atoms with van der Waals surface area (Å²) >= 11 is 0. The molecule has 0 unspecified atom stereocenters. The van der Waals surface area contributed by atoms with E-state index in [4.69, 9.17) is 15.2 Å². The zero-order chi connectivity index (χ0) is 22.9. The van der Waals surface area contributed by atoms with Crippen molar-refractivity contribution in [1.29, 1.82) is 0 Å². The largest absolute Gasteiger partial charge is 0.870 e. The number of benzene rings is 1. The van der Waals surface area contributed by atoms with Crippen LogP contribution in [-0.4, -0.2) is 35.6 Å². The van der Waals surface area contributed by atoms with Crippen LogP contribution < -0.4 is 20.8 Å². The van der Waals surface area contributed by atoms with Crippen LogP contribution in [0.3, 0.4) is 0 Å². The highest BCUT2D eigenvalue weighted by molar-refractivity contribution is 5.96. The van der Waals surface area contributed by atoms with Gasteiger partial charge in [0.05, 0.1) is 17.9 Å². The molecule has 0 radical (unpaired) electrons. The summed E-state index contributed by atoms with van der Waals surface area (Å²) in [5.74, 6) is -4.34. The van der Waals surface area contributed by atoms with Gasteiger partial charge in [0.1, 0.15) is 6.10 Å². The number of aromatic nitrogens is 1. The molecule has 8 nitrogen and oxygen atoms in total. The molecule has 1 saturated heterocycles. The summed E-state index contributed by atoms with van der Waals surface area (Å²) in [4.78, 5) is 27.2. The van der Waals surface area contributed by atoms with Crippen molar-refractivity contribution >= 4 is 17.5 Å². The van der Waals surface area contributed by atoms with Crippen molar-refractivity contribution in [3.8, 4) is 5.75 Å². The van der Waals surface area contributed by atoms with Crippen LogP contribution in [0.2, 0.25) is 0 Å². The third-order valence-corrected chi connectivity index (χ3v) is 5.71. The SMILES string of the molecule is CCOc1c([C@@H]2[C@@H](C(=O)Nc3cc[nH+]c(C(N)=O)c3)OC(C)(C)[C@@H]2C)ccc(F)c1F.[OH-]. The maximum absolute atomic E-state index is 14.5. The molecule has 0 bridgehead atoms. The van der Waals surface area contributed by atoms with E-state index in [9.17, 15) is 18.4 Å². The Morgan fingerprint density at radius 1 is 1.28 bits per heavy atom. The number of hydrogen-bond acceptors (Lipinski definition) is 5. The minimum Gasteiger partial charge on any atom is -0.870 e. The zero-order valence-corrected chi connectivity index (χ0v) is 18.2. The first-order valence-electron chi connectivity index (χ1n) is 9.97. The summed E-state index contributed by atoms with van der Waals surface area (Å²) in [6.07, 6.45) is 0.466. The summed E-state index contributed by atoms with van der Waals surface area (Å²) in [5, 5.41) is 2.71. The number of rotatable bonds is 6. The van der Waals surface area contributed by atoms with E-state index in [0.29, 0.717) is 11.3 Å². The molecule has 3 atom stereocenters. The van der Waals surface area contributed by atoms with E-state index >= 15 is 0 Å². The van der Waals surface area contributed by atoms with Crippen LogP contribution in [0, 0.1) is 17.6 Å². The van der Waals surface area contributed by atoms with Crippen LogP contribution in [0.15, 0.2) is 30.5 Å². The lowest BCUT2D eigenvalue weighted by Crippen LogP contribution is -2.33. The summed E-state index contributed by atoms with van der Waals surface area (Å²) in [6.45, 7) is 7.35. The number of anilines is 1. The van der Waals surface area contributed by atoms with E-state index in [2.05, 4.69) is 10.3 Å². The Morgan fingerprint density at radius 2 is 1.97 bits per heavy atom. The first kappa shape index (κ1) is 25.2. The van der Waals surface area contributed by atoms with Crippen LogP contribution in [0.4, 0.5) is 14.5 Å². The molecule has 1 fully saturated rings. The van der Waals surface area contributed by atoms with Crippen molar-refractivity contribution in [3.63, 3.8) is 0 Å². The molecule has 0 saturated carbocycles. The second-order valence-corrected chi connectivity index (χ2v) is 8.01. The normalized spacial score (nSPS) is 21.5. The molecular weight excluding hydrogens is 424 g/mol. The lowest BCUT2D eigenvalue weighted by atomic mass is 9.78. The maximum atomic E-state index is 14.5. The molecule has 2 amide bonds. The summed E-state index contributed by atoms with van der Waals surface area (Å²) in [5.41, 5.74) is 5.37. The average molecular weight is 451 g/mol. The highest BCUT2D eigenvalue weighted by atomic mass is 19.2. The van der Waals surface area contributed by atoms with Gasteiger partial charge in [-0.2, -0.15) is 4.39 Å². The van der Waals surface area contributed by atoms with Gasteiger partial charge in [-0.1, -0.05) is 13.0 Å². The Kier molecular flexibility index (Phi) is 7.53. The van der Waals surface area contributed by atoms with Gasteiger partial charge in [0.2, 0.25) is 5.82 Å². The molecule has 1 aliphatic heterocycles. The molecule has 0 spiro atoms. The van der Waals surface area contributed by atoms with Crippen LogP contribution in [0.5, 0.6) is 5.75 Å². The van der Waals surface area contributed by atoms with Gasteiger partial charge < -0.3 is 26.0 Å². The average Bonchev–Trinajstić information content (AvgIpc) is 2.96. The third kappa shape index (κ3) is 4.71. The van der Waals surface area contributed by atoms with Gasteiger partial charge in [0.25, 0.3) is 11.6 Å². The molecule has 1 aliphatic rings. The number of primary amides is 1. The predicted octanol–water partition coefficient (Wildman–Crippen LogP) is 2.64. The molecular formula is C22H27F2N3O5. The number of nitrogens with two attached hydrogens (primary N) is 1. The first-order valence-corrected chi connectivity index (χ1v) is 9.97. The minimum atomic E-state index is -1.10. The second-order valence-electron chi connectivity index (χ2n) is 8.01. The number of carbonyl (C=O) groups excluding carboxylic acids is 2. The van der Waals surface area contributed by atoms with Crippen molar-refractivity contribution in [2.75, 3.05) is 11.9 Å². The van der Waals surface area contributed by atoms with Gasteiger partial charge in [0, 0.05) is 23.6 Å². The van der Waals surface area contributed by atoms with Gasteiger partial charge in [-0.05, 0) is 32.8 Å². The molecule has 0 aliphatic carbocycles. The van der Waals surface area contributed by atoms with Crippen LogP contribution in [-0.2, 0) is 9.53 Å². The highest BCUT2D eigenvalue weighted by Gasteiger charge is 2.51. The molecule has 174 valence electrons. The zero-order valence-electron chi connectivity index (χ0n) is 18.2. The molecule has 10 heteroatoms. The van der Waals surface area contributed by atoms with Gasteiger partial charge in [-0.15, -0.1) is 0 Å². The van der Waals surface area contributed by atoms with E-state index in [1.807, 2.05) is 20.8 Å². The van der Waals surface area contributed by atoms with E-state index in [1.165, 1.54) is 18.3 Å². The van der Waals surface area contributed by atoms with Crippen LogP contribution in [0.1, 0.15) is 49.7 Å². The lowest BCUT2D eigenvalue weighted by molar-refractivity contribution is -0.381. The summed E-state index contributed by atoms with van der Waals surface area (Å²) in [6, 6.07) is 5.42. The third-order valence-electron chi connectivity index (χ3n) is 5.71. The maximum Gasteiger partial charge on any atom is 0.313 e. The molecule has 32 heavy (non-hydrogen) atoms. The fourth-order valence-electron chi connectivity index (χ4n) is 3.85. The second kappa shape index (κ2) is 9.58. The van der Waals surface area contributed by atoms with E-state index < -0.39 is 41.1 Å². The topological polar surface area (TPSA) is 135 Å². The monoisotopic (exact) mass is 451 g/mol. The predicted molar refractivity (Wildman–Crippen MR) is 110 cm³/mol. The van der Waals surface area contributed by atoms with Crippen molar-refractivity contribution < 1.29 is 38.3 Å². The highest BCUT2D eigenvalue weighted by Crippen LogP contribution is 2.49. The number of halogens is 2. The number of aromatic amines is 1. The van der Waals surface area contributed by atoms with E-state index in [0.717, 1.165) is 6.07 Å². The van der Waals surface area contributed by atoms with Gasteiger partial charge in [-0.3, -0.25) is 9.59 Å². The first-order chi connectivity index (χ1) is 14.6. The Labute approximate surface area is 184 Å².